The van der Waals surface area contributed by atoms with E-state index in [1.165, 1.54) is 0 Å². The number of ketones is 1. The number of carbonyl (C=O) groups excluding carboxylic acids is 2. The molecule has 0 unspecified atom stereocenters. The number of hydrogen-bond acceptors (Lipinski definition) is 5. The Morgan fingerprint density at radius 3 is 2.52 bits per heavy atom. The van der Waals surface area contributed by atoms with Crippen LogP contribution in [0.25, 0.3) is 0 Å². The zero-order valence-electron chi connectivity index (χ0n) is 17.7. The van der Waals surface area contributed by atoms with Crippen molar-refractivity contribution in [2.75, 3.05) is 12.4 Å². The number of aliphatic imine (C=N–C) groups is 1. The summed E-state index contributed by atoms with van der Waals surface area (Å²) in [5, 5.41) is 2.83. The second-order valence-corrected chi connectivity index (χ2v) is 7.90. The highest BCUT2D eigenvalue weighted by Gasteiger charge is 2.32. The second kappa shape index (κ2) is 8.14. The van der Waals surface area contributed by atoms with E-state index in [0.717, 1.165) is 22.6 Å². The molecule has 0 spiro atoms. The summed E-state index contributed by atoms with van der Waals surface area (Å²) in [6.07, 6.45) is 3.29. The number of nitrogens with one attached hydrogen (secondary N) is 1. The van der Waals surface area contributed by atoms with Gasteiger partial charge in [0.15, 0.2) is 5.78 Å². The first-order valence-electron chi connectivity index (χ1n) is 9.99. The number of nitrogens with zero attached hydrogens (tertiary/aromatic N) is 2. The molecule has 0 radical (unpaired) electrons. The van der Waals surface area contributed by atoms with Crippen LogP contribution < -0.4 is 10.1 Å². The largest absolute Gasteiger partial charge is 0.497 e. The Morgan fingerprint density at radius 1 is 1.00 bits per heavy atom. The molecule has 1 aliphatic heterocycles. The Morgan fingerprint density at radius 2 is 1.77 bits per heavy atom. The number of fused-ring (bicyclic) bond motifs is 1. The Hall–Kier alpha value is -3.80. The number of benzene rings is 2. The van der Waals surface area contributed by atoms with Crippen molar-refractivity contribution in [2.24, 2.45) is 4.99 Å². The van der Waals surface area contributed by atoms with Crippen LogP contribution >= 0.6 is 0 Å². The molecule has 1 aromatic heterocycles. The predicted molar refractivity (Wildman–Crippen MR) is 120 cm³/mol. The molecule has 6 heteroatoms. The zero-order chi connectivity index (χ0) is 22.0. The summed E-state index contributed by atoms with van der Waals surface area (Å²) in [6, 6.07) is 16.1. The summed E-state index contributed by atoms with van der Waals surface area (Å²) in [7, 11) is 1.62. The highest BCUT2D eigenvalue weighted by atomic mass is 16.5. The van der Waals surface area contributed by atoms with E-state index in [9.17, 15) is 9.59 Å². The minimum atomic E-state index is -0.391. The van der Waals surface area contributed by atoms with Gasteiger partial charge in [-0.15, -0.1) is 0 Å². The van der Waals surface area contributed by atoms with Crippen molar-refractivity contribution in [3.63, 3.8) is 0 Å². The van der Waals surface area contributed by atoms with Crippen molar-refractivity contribution in [3.05, 3.63) is 89.2 Å². The lowest BCUT2D eigenvalue weighted by Crippen LogP contribution is -2.13. The van der Waals surface area contributed by atoms with Gasteiger partial charge in [-0.1, -0.05) is 18.2 Å². The van der Waals surface area contributed by atoms with Gasteiger partial charge >= 0.3 is 0 Å². The van der Waals surface area contributed by atoms with E-state index >= 15 is 0 Å². The van der Waals surface area contributed by atoms with E-state index in [1.54, 1.807) is 55.9 Å². The van der Waals surface area contributed by atoms with Gasteiger partial charge in [0.25, 0.3) is 5.91 Å². The van der Waals surface area contributed by atoms with Crippen molar-refractivity contribution < 1.29 is 14.3 Å². The number of amides is 1. The molecule has 4 rings (SSSR count). The number of methoxy groups -OCH3 is 1. The molecule has 0 saturated carbocycles. The van der Waals surface area contributed by atoms with E-state index in [-0.39, 0.29) is 18.1 Å². The number of anilines is 1. The standard InChI is InChI=1S/C25H23N3O3/c1-25(2)21-8-7-19(31-3)14-20(21)22(28-25)15-23(29)17-5-4-6-18(13-17)27-24(30)16-9-11-26-12-10-16/h4-14H,15H2,1-3H3,(H,27,30). The van der Waals surface area contributed by atoms with Crippen LogP contribution in [0.3, 0.4) is 0 Å². The number of pyridine rings is 1. The fraction of sp³-hybridized carbons (Fsp3) is 0.200. The molecule has 156 valence electrons. The summed E-state index contributed by atoms with van der Waals surface area (Å²) in [4.78, 5) is 34.2. The van der Waals surface area contributed by atoms with Crippen molar-refractivity contribution in [3.8, 4) is 5.75 Å². The van der Waals surface area contributed by atoms with Crippen LogP contribution in [0.5, 0.6) is 5.75 Å². The molecule has 3 aromatic rings. The molecule has 6 nitrogen and oxygen atoms in total. The number of carbonyl (C=O) groups is 2. The third-order valence-corrected chi connectivity index (χ3v) is 5.32. The van der Waals surface area contributed by atoms with Gasteiger partial charge in [0, 0.05) is 34.8 Å². The maximum Gasteiger partial charge on any atom is 0.255 e. The van der Waals surface area contributed by atoms with Crippen LogP contribution in [0.4, 0.5) is 5.69 Å². The van der Waals surface area contributed by atoms with Crippen molar-refractivity contribution in [1.82, 2.24) is 4.98 Å². The topological polar surface area (TPSA) is 80.6 Å². The number of hydrogen-bond donors (Lipinski definition) is 1. The first-order chi connectivity index (χ1) is 14.9. The first-order valence-corrected chi connectivity index (χ1v) is 9.99. The molecule has 1 N–H and O–H groups in total. The summed E-state index contributed by atoms with van der Waals surface area (Å²) in [5.74, 6) is 0.414. The van der Waals surface area contributed by atoms with E-state index in [4.69, 9.17) is 9.73 Å². The smallest absolute Gasteiger partial charge is 0.255 e. The third-order valence-electron chi connectivity index (χ3n) is 5.32. The molecular formula is C25H23N3O3. The molecule has 1 amide bonds. The summed E-state index contributed by atoms with van der Waals surface area (Å²) in [5.41, 5.74) is 3.95. The van der Waals surface area contributed by atoms with E-state index in [2.05, 4.69) is 10.3 Å². The minimum absolute atomic E-state index is 0.0646. The third kappa shape index (κ3) is 4.23. The van der Waals surface area contributed by atoms with Gasteiger partial charge in [-0.25, -0.2) is 0 Å². The van der Waals surface area contributed by atoms with Gasteiger partial charge in [-0.05, 0) is 55.8 Å². The number of ether oxygens (including phenoxy) is 1. The summed E-state index contributed by atoms with van der Waals surface area (Å²) < 4.78 is 5.35. The molecular weight excluding hydrogens is 390 g/mol. The molecule has 2 aromatic carbocycles. The fourth-order valence-electron chi connectivity index (χ4n) is 3.75. The number of rotatable bonds is 6. The molecule has 31 heavy (non-hydrogen) atoms. The normalized spacial score (nSPS) is 13.8. The summed E-state index contributed by atoms with van der Waals surface area (Å²) in [6.45, 7) is 4.07. The number of aromatic nitrogens is 1. The van der Waals surface area contributed by atoms with Gasteiger partial charge in [0.05, 0.1) is 24.8 Å². The Bertz CT molecular complexity index is 1180. The van der Waals surface area contributed by atoms with Crippen LogP contribution in [0, 0.1) is 0 Å². The molecule has 1 aliphatic rings. The predicted octanol–water partition coefficient (Wildman–Crippen LogP) is 4.65. The Balaban J connectivity index is 1.54. The van der Waals surface area contributed by atoms with Crippen molar-refractivity contribution in [1.29, 1.82) is 0 Å². The second-order valence-electron chi connectivity index (χ2n) is 7.90. The highest BCUT2D eigenvalue weighted by Crippen LogP contribution is 2.37. The summed E-state index contributed by atoms with van der Waals surface area (Å²) >= 11 is 0. The lowest BCUT2D eigenvalue weighted by Gasteiger charge is -2.16. The van der Waals surface area contributed by atoms with Gasteiger partial charge in [0.2, 0.25) is 0 Å². The monoisotopic (exact) mass is 413 g/mol. The first kappa shape index (κ1) is 20.5. The van der Waals surface area contributed by atoms with Gasteiger partial charge < -0.3 is 10.1 Å². The van der Waals surface area contributed by atoms with E-state index < -0.39 is 5.54 Å². The lowest BCUT2D eigenvalue weighted by molar-refractivity contribution is 0.0996. The SMILES string of the molecule is COc1ccc2c(c1)C(CC(=O)c1cccc(NC(=O)c3ccncc3)c1)=NC2(C)C. The molecule has 0 fully saturated rings. The average Bonchev–Trinajstić information content (AvgIpc) is 3.03. The fourth-order valence-corrected chi connectivity index (χ4v) is 3.75. The zero-order valence-corrected chi connectivity index (χ0v) is 17.7. The van der Waals surface area contributed by atoms with Crippen LogP contribution in [0.2, 0.25) is 0 Å². The highest BCUT2D eigenvalue weighted by molar-refractivity contribution is 6.18. The molecule has 0 saturated heterocycles. The Labute approximate surface area is 181 Å². The van der Waals surface area contributed by atoms with Crippen LogP contribution in [-0.2, 0) is 5.54 Å². The van der Waals surface area contributed by atoms with E-state index in [1.807, 2.05) is 32.0 Å². The Kier molecular flexibility index (Phi) is 5.38. The molecule has 0 aliphatic carbocycles. The number of Topliss-reactive ketones (excluding diaryl/α,β-unsaturated/α-hetero) is 1. The quantitative estimate of drug-likeness (QED) is 0.596. The minimum Gasteiger partial charge on any atom is -0.497 e. The van der Waals surface area contributed by atoms with Crippen molar-refractivity contribution >= 4 is 23.1 Å². The van der Waals surface area contributed by atoms with E-state index in [0.29, 0.717) is 16.8 Å². The van der Waals surface area contributed by atoms with Crippen LogP contribution in [0.15, 0.2) is 72.0 Å². The van der Waals surface area contributed by atoms with Crippen LogP contribution in [-0.4, -0.2) is 29.5 Å². The lowest BCUT2D eigenvalue weighted by atomic mass is 9.91. The van der Waals surface area contributed by atoms with Crippen LogP contribution in [0.1, 0.15) is 52.1 Å². The maximum atomic E-state index is 13.1. The van der Waals surface area contributed by atoms with Gasteiger partial charge in [0.1, 0.15) is 5.75 Å². The van der Waals surface area contributed by atoms with Gasteiger partial charge in [-0.2, -0.15) is 0 Å². The maximum absolute atomic E-state index is 13.1. The molecule has 0 bridgehead atoms. The average molecular weight is 413 g/mol. The van der Waals surface area contributed by atoms with Gasteiger partial charge in [-0.3, -0.25) is 19.6 Å². The molecule has 2 heterocycles. The molecule has 0 atom stereocenters. The van der Waals surface area contributed by atoms with Crippen molar-refractivity contribution in [2.45, 2.75) is 25.8 Å².